The number of hydrogen-bond acceptors (Lipinski definition) is 5. The molecule has 1 saturated heterocycles. The Hall–Kier alpha value is -2.04. The van der Waals surface area contributed by atoms with Gasteiger partial charge in [0.05, 0.1) is 35.4 Å². The number of hydrogen-bond donors (Lipinski definition) is 2. The molecular formula is C27H32ClIN4O3. The van der Waals surface area contributed by atoms with Crippen LogP contribution in [-0.4, -0.2) is 59.8 Å². The highest BCUT2D eigenvalue weighted by molar-refractivity contribution is 14.2. The predicted octanol–water partition coefficient (Wildman–Crippen LogP) is 5.85. The molecule has 2 fully saturated rings. The summed E-state index contributed by atoms with van der Waals surface area (Å²) in [6, 6.07) is 10.3. The van der Waals surface area contributed by atoms with Crippen molar-refractivity contribution in [1.29, 1.82) is 0 Å². The van der Waals surface area contributed by atoms with Crippen molar-refractivity contribution in [3.8, 4) is 11.3 Å². The molecule has 7 nitrogen and oxygen atoms in total. The zero-order valence-corrected chi connectivity index (χ0v) is 23.4. The van der Waals surface area contributed by atoms with Crippen molar-refractivity contribution in [1.82, 2.24) is 15.0 Å². The van der Waals surface area contributed by atoms with Gasteiger partial charge in [0, 0.05) is 34.7 Å². The van der Waals surface area contributed by atoms with Crippen LogP contribution in [0.5, 0.6) is 0 Å². The van der Waals surface area contributed by atoms with E-state index < -0.39 is 5.97 Å². The minimum atomic E-state index is -0.626. The van der Waals surface area contributed by atoms with Crippen molar-refractivity contribution in [3.63, 3.8) is 0 Å². The van der Waals surface area contributed by atoms with Gasteiger partial charge in [-0.3, -0.25) is 4.79 Å². The third kappa shape index (κ3) is 6.08. The number of aromatic nitrogens is 3. The van der Waals surface area contributed by atoms with Crippen LogP contribution >= 0.6 is 32.3 Å². The molecule has 5 rings (SSSR count). The van der Waals surface area contributed by atoms with E-state index in [1.54, 1.807) is 3.51 Å². The maximum absolute atomic E-state index is 11.2. The average molecular weight is 623 g/mol. The normalized spacial score (nSPS) is 21.4. The molecule has 0 bridgehead atoms. The number of carboxylic acid groups (broad SMARTS) is 1. The van der Waals surface area contributed by atoms with Crippen LogP contribution in [0, 0.1) is 5.92 Å². The molecule has 0 radical (unpaired) electrons. The standard InChI is InChI=1S/C27H32ClIN4O3/c1-17(29-20-7-3-19(4-8-20)27(34)35)2-11-24-30-23-16-22(28)25(32-26(23)31-24)18-5-9-21(10-6-18)33-12-14-36-15-13-33/h5-6,9-10,16,19-20H,2-4,7-8,11-15H2,1H3,(H,34,35)(H,30,31,32). The first-order valence-corrected chi connectivity index (χ1v) is 15.3. The Morgan fingerprint density at radius 1 is 1.17 bits per heavy atom. The number of H-pyrrole nitrogens is 1. The van der Waals surface area contributed by atoms with E-state index in [0.29, 0.717) is 14.6 Å². The van der Waals surface area contributed by atoms with Crippen molar-refractivity contribution in [2.45, 2.75) is 49.4 Å². The summed E-state index contributed by atoms with van der Waals surface area (Å²) in [4.78, 5) is 26.5. The highest BCUT2D eigenvalue weighted by Crippen LogP contribution is 2.33. The Kier molecular flexibility index (Phi) is 8.22. The van der Waals surface area contributed by atoms with Gasteiger partial charge in [-0.05, 0) is 60.7 Å². The number of alkyl halides is 1. The third-order valence-corrected chi connectivity index (χ3v) is 11.1. The number of carbonyl (C=O) groups is 1. The molecule has 1 saturated carbocycles. The fourth-order valence-electron chi connectivity index (χ4n) is 4.96. The quantitative estimate of drug-likeness (QED) is 0.254. The summed E-state index contributed by atoms with van der Waals surface area (Å²) in [5.74, 6) is 0.179. The number of fused-ring (bicyclic) bond motifs is 1. The summed E-state index contributed by atoms with van der Waals surface area (Å²) in [5, 5.41) is 9.82. The molecule has 36 heavy (non-hydrogen) atoms. The van der Waals surface area contributed by atoms with Gasteiger partial charge >= 0.3 is 5.97 Å². The van der Waals surface area contributed by atoms with Gasteiger partial charge in [0.2, 0.25) is 0 Å². The highest BCUT2D eigenvalue weighted by atomic mass is 127. The Labute approximate surface area is 226 Å². The van der Waals surface area contributed by atoms with Crippen LogP contribution in [0.25, 0.3) is 22.4 Å². The number of nitrogens with one attached hydrogen (secondary N) is 1. The van der Waals surface area contributed by atoms with Crippen molar-refractivity contribution in [2.75, 3.05) is 31.2 Å². The van der Waals surface area contributed by atoms with Crippen LogP contribution in [0.15, 0.2) is 30.3 Å². The Balaban J connectivity index is 1.23. The van der Waals surface area contributed by atoms with E-state index in [1.165, 1.54) is 5.69 Å². The zero-order chi connectivity index (χ0) is 25.1. The number of rotatable bonds is 7. The number of ether oxygens (including phenoxy) is 1. The van der Waals surface area contributed by atoms with Crippen molar-refractivity contribution < 1.29 is 14.6 Å². The van der Waals surface area contributed by atoms with E-state index in [0.717, 1.165) is 87.4 Å². The Morgan fingerprint density at radius 2 is 1.89 bits per heavy atom. The van der Waals surface area contributed by atoms with E-state index in [4.69, 9.17) is 26.3 Å². The molecule has 2 N–H and O–H groups in total. The summed E-state index contributed by atoms with van der Waals surface area (Å²) < 4.78 is 7.72. The number of anilines is 1. The lowest BCUT2D eigenvalue weighted by Gasteiger charge is -2.28. The first-order chi connectivity index (χ1) is 17.5. The second-order valence-electron chi connectivity index (χ2n) is 9.59. The lowest BCUT2D eigenvalue weighted by Crippen LogP contribution is -2.36. The molecule has 0 amide bonds. The number of pyridine rings is 1. The molecule has 2 aliphatic rings. The summed E-state index contributed by atoms with van der Waals surface area (Å²) in [7, 11) is 0. The van der Waals surface area contributed by atoms with Crippen LogP contribution in [0.2, 0.25) is 5.02 Å². The van der Waals surface area contributed by atoms with Gasteiger partial charge in [-0.15, -0.1) is 20.7 Å². The highest BCUT2D eigenvalue weighted by Gasteiger charge is 2.25. The molecule has 192 valence electrons. The van der Waals surface area contributed by atoms with Gasteiger partial charge in [-0.2, -0.15) is 0 Å². The number of imidazole rings is 1. The van der Waals surface area contributed by atoms with Gasteiger partial charge in [-0.1, -0.05) is 23.7 Å². The number of halogens is 2. The van der Waals surface area contributed by atoms with Crippen LogP contribution in [0.1, 0.15) is 44.9 Å². The molecule has 1 aromatic carbocycles. The lowest BCUT2D eigenvalue weighted by molar-refractivity contribution is -0.142. The van der Waals surface area contributed by atoms with E-state index in [1.807, 2.05) is 6.07 Å². The second kappa shape index (κ2) is 11.6. The monoisotopic (exact) mass is 622 g/mol. The number of nitrogens with zero attached hydrogens (tertiary/aromatic N) is 3. The maximum Gasteiger partial charge on any atom is 0.306 e. The number of aryl methyl sites for hydroxylation is 1. The topological polar surface area (TPSA) is 91.3 Å². The van der Waals surface area contributed by atoms with Crippen molar-refractivity contribution in [3.05, 3.63) is 41.2 Å². The van der Waals surface area contributed by atoms with Gasteiger partial charge < -0.3 is 19.7 Å². The number of benzene rings is 1. The largest absolute Gasteiger partial charge is 0.481 e. The SMILES string of the molecule is CC(CCc1nc2nc(-c3ccc(N4CCOCC4)cc3)c(Cl)cc2[nH]1)=IC1CCC(C(=O)O)CC1. The Morgan fingerprint density at radius 3 is 2.58 bits per heavy atom. The second-order valence-corrected chi connectivity index (χ2v) is 14.2. The molecular weight excluding hydrogens is 591 g/mol. The van der Waals surface area contributed by atoms with Gasteiger partial charge in [0.1, 0.15) is 5.82 Å². The summed E-state index contributed by atoms with van der Waals surface area (Å²) in [6.45, 7) is 5.60. The summed E-state index contributed by atoms with van der Waals surface area (Å²) >= 11 is 6.59. The molecule has 3 heterocycles. The number of morpholine rings is 1. The maximum atomic E-state index is 11.2. The number of aliphatic carboxylic acids is 1. The predicted molar refractivity (Wildman–Crippen MR) is 154 cm³/mol. The minimum Gasteiger partial charge on any atom is -0.481 e. The van der Waals surface area contributed by atoms with Crippen LogP contribution < -0.4 is 4.90 Å². The zero-order valence-electron chi connectivity index (χ0n) is 20.5. The van der Waals surface area contributed by atoms with Crippen molar-refractivity contribution >= 4 is 58.7 Å². The van der Waals surface area contributed by atoms with Gasteiger partial charge in [0.25, 0.3) is 0 Å². The van der Waals surface area contributed by atoms with Gasteiger partial charge in [0.15, 0.2) is 5.65 Å². The first kappa shape index (κ1) is 25.6. The van der Waals surface area contributed by atoms with E-state index in [2.05, 4.69) is 41.1 Å². The van der Waals surface area contributed by atoms with E-state index in [-0.39, 0.29) is 26.6 Å². The number of aromatic amines is 1. The van der Waals surface area contributed by atoms with Crippen LogP contribution in [0.4, 0.5) is 5.69 Å². The van der Waals surface area contributed by atoms with Crippen LogP contribution in [-0.2, 0) is 16.0 Å². The Bertz CT molecular complexity index is 1250. The smallest absolute Gasteiger partial charge is 0.306 e. The average Bonchev–Trinajstić information content (AvgIpc) is 3.29. The third-order valence-electron chi connectivity index (χ3n) is 7.05. The fourth-order valence-corrected chi connectivity index (χ4v) is 8.64. The molecule has 1 aliphatic carbocycles. The molecule has 0 unspecified atom stereocenters. The molecule has 3 aromatic rings. The minimum absolute atomic E-state index is 0.0357. The van der Waals surface area contributed by atoms with E-state index in [9.17, 15) is 9.90 Å². The lowest BCUT2D eigenvalue weighted by atomic mass is 9.89. The van der Waals surface area contributed by atoms with Crippen molar-refractivity contribution in [2.24, 2.45) is 5.92 Å². The molecule has 1 aliphatic heterocycles. The molecule has 2 aromatic heterocycles. The number of carboxylic acids is 1. The molecule has 9 heteroatoms. The van der Waals surface area contributed by atoms with Crippen LogP contribution in [0.3, 0.4) is 0 Å². The fraction of sp³-hybridized carbons (Fsp3) is 0.481. The van der Waals surface area contributed by atoms with Gasteiger partial charge in [-0.25, -0.2) is 9.97 Å². The molecule has 0 atom stereocenters. The van der Waals surface area contributed by atoms with E-state index >= 15 is 0 Å². The summed E-state index contributed by atoms with van der Waals surface area (Å²) in [5.41, 5.74) is 4.48. The molecule has 0 spiro atoms. The first-order valence-electron chi connectivity index (χ1n) is 12.6. The summed E-state index contributed by atoms with van der Waals surface area (Å²) in [6.07, 6.45) is 5.65.